The van der Waals surface area contributed by atoms with Crippen LogP contribution in [0.25, 0.3) is 0 Å². The molecule has 54 valence electrons. The van der Waals surface area contributed by atoms with Crippen LogP contribution < -0.4 is 9.66 Å². The Balaban J connectivity index is 2.77. The Kier molecular flexibility index (Phi) is 2.23. The van der Waals surface area contributed by atoms with Crippen molar-refractivity contribution in [1.82, 2.24) is 4.98 Å². The van der Waals surface area contributed by atoms with E-state index in [-0.39, 0.29) is 0 Å². The molecule has 2 N–H and O–H groups in total. The molecule has 0 aromatic carbocycles. The molecule has 0 saturated heterocycles. The molecule has 4 nitrogen and oxygen atoms in total. The van der Waals surface area contributed by atoms with Gasteiger partial charge in [-0.1, -0.05) is 0 Å². The molecule has 0 fully saturated rings. The molecular weight excluding hydrogens is 218 g/mol. The molecule has 0 radical (unpaired) electrons. The predicted molar refractivity (Wildman–Crippen MR) is 43.1 cm³/mol. The van der Waals surface area contributed by atoms with Gasteiger partial charge < -0.3 is 5.73 Å². The van der Waals surface area contributed by atoms with Crippen molar-refractivity contribution in [2.45, 2.75) is 0 Å². The number of nitrogens with zero attached hydrogens (tertiary/aromatic N) is 2. The smallest absolute Gasteiger partial charge is 0.331 e. The molecule has 0 bridgehead atoms. The van der Waals surface area contributed by atoms with Crippen molar-refractivity contribution in [3.05, 3.63) is 11.6 Å². The molecule has 6 heteroatoms. The summed E-state index contributed by atoms with van der Waals surface area (Å²) in [5.74, 6) is 0. The number of carbonyl (C=O) groups is 1. The summed E-state index contributed by atoms with van der Waals surface area (Å²) in [5, 5.41) is 2.29. The molecule has 10 heavy (non-hydrogen) atoms. The van der Waals surface area contributed by atoms with E-state index in [9.17, 15) is 4.79 Å². The SMILES string of the molecule is NC(=O)N(Br)c1nccs1. The Bertz CT molecular complexity index is 224. The molecule has 0 aliphatic heterocycles. The van der Waals surface area contributed by atoms with Crippen molar-refractivity contribution in [2.24, 2.45) is 5.73 Å². The van der Waals surface area contributed by atoms with Crippen LogP contribution in [0.15, 0.2) is 11.6 Å². The highest BCUT2D eigenvalue weighted by Gasteiger charge is 2.09. The monoisotopic (exact) mass is 221 g/mol. The molecule has 0 spiro atoms. The van der Waals surface area contributed by atoms with Gasteiger partial charge in [0, 0.05) is 11.6 Å². The fraction of sp³-hybridized carbons (Fsp3) is 0. The molecule has 1 rings (SSSR count). The van der Waals surface area contributed by atoms with Crippen LogP contribution in [0.5, 0.6) is 0 Å². The number of hydrogen-bond acceptors (Lipinski definition) is 3. The first kappa shape index (κ1) is 7.49. The molecule has 1 heterocycles. The summed E-state index contributed by atoms with van der Waals surface area (Å²) in [6.45, 7) is 0. The van der Waals surface area contributed by atoms with Gasteiger partial charge in [-0.25, -0.2) is 13.7 Å². The maximum atomic E-state index is 10.5. The fourth-order valence-electron chi connectivity index (χ4n) is 0.407. The normalized spacial score (nSPS) is 9.30. The topological polar surface area (TPSA) is 59.2 Å². The summed E-state index contributed by atoms with van der Waals surface area (Å²) in [6, 6.07) is -0.574. The highest BCUT2D eigenvalue weighted by atomic mass is 79.9. The van der Waals surface area contributed by atoms with E-state index in [2.05, 4.69) is 21.1 Å². The maximum absolute atomic E-state index is 10.5. The van der Waals surface area contributed by atoms with Gasteiger partial charge in [-0.2, -0.15) is 0 Å². The van der Waals surface area contributed by atoms with Gasteiger partial charge in [0.1, 0.15) is 0 Å². The second kappa shape index (κ2) is 2.98. The Hall–Kier alpha value is -0.620. The number of amides is 2. The van der Waals surface area contributed by atoms with Crippen molar-refractivity contribution in [3.63, 3.8) is 0 Å². The van der Waals surface area contributed by atoms with Crippen LogP contribution in [-0.2, 0) is 0 Å². The van der Waals surface area contributed by atoms with E-state index in [1.54, 1.807) is 11.6 Å². The standard InChI is InChI=1S/C4H4BrN3OS/c5-8(3(6)9)4-7-1-2-10-4/h1-2H,(H2,6,9). The van der Waals surface area contributed by atoms with Gasteiger partial charge in [0.2, 0.25) is 5.13 Å². The number of thiazole rings is 1. The van der Waals surface area contributed by atoms with Crippen molar-refractivity contribution in [2.75, 3.05) is 3.93 Å². The van der Waals surface area contributed by atoms with Gasteiger partial charge in [0.05, 0.1) is 16.1 Å². The molecule has 1 aromatic heterocycles. The van der Waals surface area contributed by atoms with Gasteiger partial charge in [-0.3, -0.25) is 0 Å². The van der Waals surface area contributed by atoms with E-state index in [1.807, 2.05) is 0 Å². The zero-order valence-electron chi connectivity index (χ0n) is 4.82. The van der Waals surface area contributed by atoms with Crippen LogP contribution in [0.1, 0.15) is 0 Å². The first-order chi connectivity index (χ1) is 4.72. The minimum Gasteiger partial charge on any atom is -0.350 e. The second-order valence-electron chi connectivity index (χ2n) is 1.43. The highest BCUT2D eigenvalue weighted by molar-refractivity contribution is 9.10. The number of urea groups is 1. The van der Waals surface area contributed by atoms with Gasteiger partial charge in [0.15, 0.2) is 0 Å². The second-order valence-corrected chi connectivity index (χ2v) is 3.02. The minimum absolute atomic E-state index is 0.535. The number of aromatic nitrogens is 1. The fourth-order valence-corrected chi connectivity index (χ4v) is 1.30. The van der Waals surface area contributed by atoms with Crippen molar-refractivity contribution >= 4 is 38.6 Å². The van der Waals surface area contributed by atoms with Crippen LogP contribution in [0.2, 0.25) is 0 Å². The average molecular weight is 222 g/mol. The first-order valence-corrected chi connectivity index (χ1v) is 3.95. The average Bonchev–Trinajstić information content (AvgIpc) is 2.36. The lowest BCUT2D eigenvalue weighted by molar-refractivity contribution is 0.257. The van der Waals surface area contributed by atoms with E-state index in [1.165, 1.54) is 11.3 Å². The zero-order chi connectivity index (χ0) is 7.56. The van der Waals surface area contributed by atoms with E-state index in [0.717, 1.165) is 3.93 Å². The van der Waals surface area contributed by atoms with Crippen LogP contribution in [0.3, 0.4) is 0 Å². The number of nitrogens with two attached hydrogens (primary N) is 1. The van der Waals surface area contributed by atoms with Gasteiger partial charge >= 0.3 is 6.03 Å². The van der Waals surface area contributed by atoms with Gasteiger partial charge in [-0.05, 0) is 0 Å². The summed E-state index contributed by atoms with van der Waals surface area (Å²) in [4.78, 5) is 14.3. The maximum Gasteiger partial charge on any atom is 0.331 e. The molecule has 0 aliphatic rings. The Morgan fingerprint density at radius 1 is 1.90 bits per heavy atom. The summed E-state index contributed by atoms with van der Waals surface area (Å²) >= 11 is 4.26. The molecule has 0 unspecified atom stereocenters. The number of primary amides is 1. The summed E-state index contributed by atoms with van der Waals surface area (Å²) in [7, 11) is 0. The molecule has 2 amide bonds. The van der Waals surface area contributed by atoms with Crippen molar-refractivity contribution in [1.29, 1.82) is 0 Å². The molecular formula is C4H4BrN3OS. The van der Waals surface area contributed by atoms with E-state index < -0.39 is 6.03 Å². The first-order valence-electron chi connectivity index (χ1n) is 2.36. The Morgan fingerprint density at radius 2 is 2.60 bits per heavy atom. The van der Waals surface area contributed by atoms with E-state index in [0.29, 0.717) is 5.13 Å². The van der Waals surface area contributed by atoms with Gasteiger partial charge in [-0.15, -0.1) is 11.3 Å². The van der Waals surface area contributed by atoms with Gasteiger partial charge in [0.25, 0.3) is 0 Å². The quantitative estimate of drug-likeness (QED) is 0.728. The lowest BCUT2D eigenvalue weighted by Gasteiger charge is -2.04. The van der Waals surface area contributed by atoms with Crippen molar-refractivity contribution < 1.29 is 4.79 Å². The summed E-state index contributed by atoms with van der Waals surface area (Å²) in [6.07, 6.45) is 1.59. The number of rotatable bonds is 1. The molecule has 0 aliphatic carbocycles. The van der Waals surface area contributed by atoms with Crippen LogP contribution in [0.4, 0.5) is 9.93 Å². The third kappa shape index (κ3) is 1.45. The minimum atomic E-state index is -0.574. The lowest BCUT2D eigenvalue weighted by Crippen LogP contribution is -2.26. The number of carbonyl (C=O) groups excluding carboxylic acids is 1. The highest BCUT2D eigenvalue weighted by Crippen LogP contribution is 2.19. The van der Waals surface area contributed by atoms with Crippen molar-refractivity contribution in [3.8, 4) is 0 Å². The summed E-state index contributed by atoms with van der Waals surface area (Å²) < 4.78 is 1.11. The Labute approximate surface area is 70.0 Å². The number of hydrogen-bond donors (Lipinski definition) is 1. The van der Waals surface area contributed by atoms with E-state index >= 15 is 0 Å². The zero-order valence-corrected chi connectivity index (χ0v) is 7.22. The Morgan fingerprint density at radius 3 is 3.00 bits per heavy atom. The number of anilines is 1. The largest absolute Gasteiger partial charge is 0.350 e. The molecule has 0 saturated carbocycles. The summed E-state index contributed by atoms with van der Waals surface area (Å²) in [5.41, 5.74) is 4.93. The predicted octanol–water partition coefficient (Wildman–Crippen LogP) is 1.34. The molecule has 0 atom stereocenters. The van der Waals surface area contributed by atoms with Crippen LogP contribution in [0, 0.1) is 0 Å². The lowest BCUT2D eigenvalue weighted by atomic mass is 10.9. The van der Waals surface area contributed by atoms with Crippen LogP contribution in [-0.4, -0.2) is 11.0 Å². The van der Waals surface area contributed by atoms with Crippen LogP contribution >= 0.6 is 27.5 Å². The molecule has 1 aromatic rings. The van der Waals surface area contributed by atoms with E-state index in [4.69, 9.17) is 5.73 Å². The third-order valence-electron chi connectivity index (χ3n) is 0.781. The third-order valence-corrected chi connectivity index (χ3v) is 2.46. The number of halogens is 1.